The fraction of sp³-hybridized carbons (Fsp3) is 0.154. The number of ether oxygens (including phenoxy) is 1. The number of anilines is 1. The van der Waals surface area contributed by atoms with Crippen molar-refractivity contribution in [3.8, 4) is 17.0 Å². The maximum Gasteiger partial charge on any atom is 0.325 e. The molecule has 34 heavy (non-hydrogen) atoms. The molecular weight excluding hydrogens is 448 g/mol. The van der Waals surface area contributed by atoms with Crippen LogP contribution in [0, 0.1) is 0 Å². The second-order valence-electron chi connectivity index (χ2n) is 7.88. The van der Waals surface area contributed by atoms with Crippen molar-refractivity contribution < 1.29 is 14.2 Å². The molecule has 4 aromatic rings. The van der Waals surface area contributed by atoms with Crippen molar-refractivity contribution in [3.63, 3.8) is 0 Å². The van der Waals surface area contributed by atoms with Gasteiger partial charge in [-0.3, -0.25) is 14.6 Å². The van der Waals surface area contributed by atoms with Crippen LogP contribution in [0.5, 0.6) is 5.75 Å². The molecule has 0 radical (unpaired) electrons. The van der Waals surface area contributed by atoms with E-state index in [1.165, 1.54) is 18.7 Å². The van der Waals surface area contributed by atoms with E-state index in [1.807, 2.05) is 85.1 Å². The molecule has 0 aliphatic carbocycles. The third kappa shape index (κ3) is 3.97. The lowest BCUT2D eigenvalue weighted by atomic mass is 10.0. The van der Waals surface area contributed by atoms with Gasteiger partial charge in [0.25, 0.3) is 6.17 Å². The highest BCUT2D eigenvalue weighted by molar-refractivity contribution is 7.98. The molecule has 0 bridgehead atoms. The molecule has 3 aromatic carbocycles. The quantitative estimate of drug-likeness (QED) is 0.352. The van der Waals surface area contributed by atoms with Crippen LogP contribution in [-0.2, 0) is 11.4 Å². The number of amides is 1. The number of carbonyl (C=O) groups excluding carboxylic acids is 1. The van der Waals surface area contributed by atoms with E-state index in [1.54, 1.807) is 9.58 Å². The number of aromatic nitrogens is 3. The molecule has 170 valence electrons. The van der Waals surface area contributed by atoms with E-state index in [9.17, 15) is 9.59 Å². The third-order valence-electron chi connectivity index (χ3n) is 5.70. The Morgan fingerprint density at radius 1 is 1.09 bits per heavy atom. The highest BCUT2D eigenvalue weighted by Crippen LogP contribution is 2.37. The summed E-state index contributed by atoms with van der Waals surface area (Å²) in [7, 11) is 0. The Labute approximate surface area is 201 Å². The molecule has 1 amide bonds. The Bertz CT molecular complexity index is 1420. The van der Waals surface area contributed by atoms with Crippen LogP contribution >= 0.6 is 11.8 Å². The molecule has 5 rings (SSSR count). The molecule has 0 unspecified atom stereocenters. The van der Waals surface area contributed by atoms with Crippen molar-refractivity contribution in [2.24, 2.45) is 0 Å². The van der Waals surface area contributed by atoms with E-state index in [4.69, 9.17) is 9.84 Å². The Balaban J connectivity index is 1.64. The number of nitrogens with one attached hydrogen (secondary N) is 1. The molecule has 7 nitrogen and oxygen atoms in total. The van der Waals surface area contributed by atoms with E-state index in [0.717, 1.165) is 11.1 Å². The number of H-pyrrole nitrogens is 1. The van der Waals surface area contributed by atoms with Gasteiger partial charge in [0.15, 0.2) is 0 Å². The van der Waals surface area contributed by atoms with Crippen molar-refractivity contribution in [2.45, 2.75) is 24.9 Å². The minimum Gasteiger partial charge on any atom is -0.489 e. The van der Waals surface area contributed by atoms with E-state index in [2.05, 4.69) is 4.98 Å². The summed E-state index contributed by atoms with van der Waals surface area (Å²) in [6.07, 6.45) is 1.20. The first-order valence-corrected chi connectivity index (χ1v) is 12.1. The number of benzene rings is 3. The molecule has 1 aromatic heterocycles. The minimum absolute atomic E-state index is 0.154. The first kappa shape index (κ1) is 21.9. The number of hydrogen-bond acceptors (Lipinski definition) is 5. The van der Waals surface area contributed by atoms with Gasteiger partial charge in [-0.1, -0.05) is 60.3 Å². The number of carbonyl (C=O) groups is 1. The lowest BCUT2D eigenvalue weighted by Crippen LogP contribution is -2.60. The predicted octanol–water partition coefficient (Wildman–Crippen LogP) is 3.94. The molecular formula is C26H23N4O3S+. The van der Waals surface area contributed by atoms with E-state index in [-0.39, 0.29) is 11.5 Å². The Morgan fingerprint density at radius 3 is 2.62 bits per heavy atom. The molecule has 1 aliphatic rings. The van der Waals surface area contributed by atoms with E-state index < -0.39 is 6.17 Å². The highest BCUT2D eigenvalue weighted by atomic mass is 32.2. The smallest absolute Gasteiger partial charge is 0.325 e. The molecule has 1 N–H and O–H groups in total. The van der Waals surface area contributed by atoms with Gasteiger partial charge in [-0.2, -0.15) is 0 Å². The summed E-state index contributed by atoms with van der Waals surface area (Å²) in [6, 6.07) is 24.9. The number of rotatable bonds is 5. The second kappa shape index (κ2) is 9.15. The van der Waals surface area contributed by atoms with Gasteiger partial charge in [0.2, 0.25) is 11.1 Å². The van der Waals surface area contributed by atoms with E-state index >= 15 is 0 Å². The molecule has 2 heterocycles. The number of thioether (sulfide) groups is 1. The maximum atomic E-state index is 13.1. The van der Waals surface area contributed by atoms with Crippen LogP contribution in [0.1, 0.15) is 24.2 Å². The minimum atomic E-state index is -0.643. The summed E-state index contributed by atoms with van der Waals surface area (Å²) in [4.78, 5) is 30.6. The van der Waals surface area contributed by atoms with Crippen molar-refractivity contribution in [1.29, 1.82) is 0 Å². The van der Waals surface area contributed by atoms with Crippen LogP contribution in [0.25, 0.3) is 11.3 Å². The van der Waals surface area contributed by atoms with Crippen LogP contribution < -0.4 is 19.9 Å². The highest BCUT2D eigenvalue weighted by Gasteiger charge is 2.44. The van der Waals surface area contributed by atoms with Gasteiger partial charge in [-0.05, 0) is 46.8 Å². The van der Waals surface area contributed by atoms with Crippen LogP contribution in [0.15, 0.2) is 88.8 Å². The predicted molar refractivity (Wildman–Crippen MR) is 131 cm³/mol. The summed E-state index contributed by atoms with van der Waals surface area (Å²) in [5, 5.41) is 5.17. The van der Waals surface area contributed by atoms with E-state index in [0.29, 0.717) is 34.5 Å². The zero-order chi connectivity index (χ0) is 23.7. The SMILES string of the molecule is CSc1n[n+]2c(c(=O)[nH]1)-c1ccccc1N(C(C)=O)[C@@H]2c1cccc(OCc2ccccc2)c1. The number of para-hydroxylation sites is 1. The topological polar surface area (TPSA) is 79.2 Å². The van der Waals surface area contributed by atoms with Crippen LogP contribution in [-0.4, -0.2) is 22.2 Å². The Morgan fingerprint density at radius 2 is 1.85 bits per heavy atom. The molecule has 0 saturated heterocycles. The fourth-order valence-electron chi connectivity index (χ4n) is 4.21. The van der Waals surface area contributed by atoms with Crippen LogP contribution in [0.3, 0.4) is 0 Å². The summed E-state index contributed by atoms with van der Waals surface area (Å²) in [5.74, 6) is 0.514. The van der Waals surface area contributed by atoms with Gasteiger partial charge in [0, 0.05) is 17.6 Å². The second-order valence-corrected chi connectivity index (χ2v) is 8.68. The lowest BCUT2D eigenvalue weighted by molar-refractivity contribution is -0.763. The largest absolute Gasteiger partial charge is 0.489 e. The third-order valence-corrected chi connectivity index (χ3v) is 6.27. The molecule has 8 heteroatoms. The van der Waals surface area contributed by atoms with Crippen molar-refractivity contribution in [2.75, 3.05) is 11.2 Å². The summed E-state index contributed by atoms with van der Waals surface area (Å²) in [6.45, 7) is 1.94. The van der Waals surface area contributed by atoms with Crippen molar-refractivity contribution >= 4 is 23.4 Å². The summed E-state index contributed by atoms with van der Waals surface area (Å²) < 4.78 is 7.68. The lowest BCUT2D eigenvalue weighted by Gasteiger charge is -2.31. The molecule has 0 saturated carbocycles. The van der Waals surface area contributed by atoms with Crippen molar-refractivity contribution in [1.82, 2.24) is 10.1 Å². The maximum absolute atomic E-state index is 13.1. The Kier molecular flexibility index (Phi) is 5.90. The number of aromatic amines is 1. The summed E-state index contributed by atoms with van der Waals surface area (Å²) in [5.41, 5.74) is 3.32. The summed E-state index contributed by atoms with van der Waals surface area (Å²) >= 11 is 1.34. The zero-order valence-electron chi connectivity index (χ0n) is 18.8. The van der Waals surface area contributed by atoms with Gasteiger partial charge in [-0.15, -0.1) is 0 Å². The Hall–Kier alpha value is -3.91. The standard InChI is InChI=1S/C26H22N4O3S/c1-17(31)29-22-14-7-6-13-21(22)23-24(32)27-26(34-2)28-30(23)25(29)19-11-8-12-20(15-19)33-16-18-9-4-3-5-10-18/h3-15,25H,16H2,1-2H3/p+1/t25-/m0/s1. The number of nitrogens with zero attached hydrogens (tertiary/aromatic N) is 3. The fourth-order valence-corrected chi connectivity index (χ4v) is 4.58. The normalized spacial score (nSPS) is 14.3. The monoisotopic (exact) mass is 471 g/mol. The van der Waals surface area contributed by atoms with Gasteiger partial charge in [-0.25, -0.2) is 4.90 Å². The first-order valence-electron chi connectivity index (χ1n) is 10.8. The molecule has 0 fully saturated rings. The van der Waals surface area contributed by atoms with Crippen LogP contribution in [0.4, 0.5) is 5.69 Å². The van der Waals surface area contributed by atoms with Gasteiger partial charge in [0.05, 0.1) is 11.3 Å². The van der Waals surface area contributed by atoms with Crippen molar-refractivity contribution in [3.05, 3.63) is 100 Å². The number of fused-ring (bicyclic) bond motifs is 3. The molecule has 0 spiro atoms. The average Bonchev–Trinajstić information content (AvgIpc) is 2.87. The zero-order valence-corrected chi connectivity index (χ0v) is 19.6. The molecule has 1 atom stereocenters. The van der Waals surface area contributed by atoms with Gasteiger partial charge >= 0.3 is 11.3 Å². The van der Waals surface area contributed by atoms with Gasteiger partial charge < -0.3 is 4.74 Å². The average molecular weight is 472 g/mol. The van der Waals surface area contributed by atoms with Crippen LogP contribution in [0.2, 0.25) is 0 Å². The number of hydrogen-bond donors (Lipinski definition) is 1. The molecule has 1 aliphatic heterocycles. The first-order chi connectivity index (χ1) is 16.6. The van der Waals surface area contributed by atoms with Gasteiger partial charge in [0.1, 0.15) is 12.4 Å².